The van der Waals surface area contributed by atoms with Crippen molar-refractivity contribution in [1.29, 1.82) is 0 Å². The molecule has 0 atom stereocenters. The molecular weight excluding hydrogens is 242 g/mol. The number of pyridine rings is 1. The number of likely N-dealkylation sites (tertiary alicyclic amines) is 1. The van der Waals surface area contributed by atoms with Crippen LogP contribution in [-0.2, 0) is 9.59 Å². The van der Waals surface area contributed by atoms with Gasteiger partial charge in [-0.05, 0) is 37.5 Å². The van der Waals surface area contributed by atoms with Crippen LogP contribution in [0.5, 0.6) is 0 Å². The third-order valence-corrected chi connectivity index (χ3v) is 3.48. The molecule has 1 aliphatic rings. The van der Waals surface area contributed by atoms with Gasteiger partial charge in [0, 0.05) is 32.1 Å². The lowest BCUT2D eigenvalue weighted by Gasteiger charge is -2.30. The highest BCUT2D eigenvalue weighted by Crippen LogP contribution is 2.19. The standard InChI is InChI=1S/C14H19N3O2/c1-10-3-6-15-13(9-10)16-14(19)12-4-7-17(8-5-12)11(2)18/h3,6,9,12H,4-5,7-8H2,1-2H3,(H,15,16,19). The maximum atomic E-state index is 12.1. The molecule has 2 rings (SSSR count). The van der Waals surface area contributed by atoms with Crippen LogP contribution >= 0.6 is 0 Å². The average Bonchev–Trinajstić information content (AvgIpc) is 2.39. The smallest absolute Gasteiger partial charge is 0.228 e. The van der Waals surface area contributed by atoms with E-state index in [1.165, 1.54) is 0 Å². The summed E-state index contributed by atoms with van der Waals surface area (Å²) in [6, 6.07) is 3.74. The second-order valence-electron chi connectivity index (χ2n) is 4.99. The van der Waals surface area contributed by atoms with Crippen molar-refractivity contribution >= 4 is 17.6 Å². The Labute approximate surface area is 113 Å². The van der Waals surface area contributed by atoms with Crippen LogP contribution in [0.1, 0.15) is 25.3 Å². The van der Waals surface area contributed by atoms with E-state index in [1.807, 2.05) is 19.1 Å². The Morgan fingerprint density at radius 1 is 1.37 bits per heavy atom. The summed E-state index contributed by atoms with van der Waals surface area (Å²) in [6.45, 7) is 4.85. The molecule has 2 amide bonds. The van der Waals surface area contributed by atoms with Crippen molar-refractivity contribution in [2.75, 3.05) is 18.4 Å². The molecule has 1 saturated heterocycles. The fourth-order valence-electron chi connectivity index (χ4n) is 2.29. The minimum absolute atomic E-state index is 0.00121. The fraction of sp³-hybridized carbons (Fsp3) is 0.500. The fourth-order valence-corrected chi connectivity index (χ4v) is 2.29. The summed E-state index contributed by atoms with van der Waals surface area (Å²) >= 11 is 0. The first-order valence-electron chi connectivity index (χ1n) is 6.55. The van der Waals surface area contributed by atoms with Crippen molar-refractivity contribution in [3.63, 3.8) is 0 Å². The maximum absolute atomic E-state index is 12.1. The van der Waals surface area contributed by atoms with Crippen molar-refractivity contribution in [3.8, 4) is 0 Å². The Bertz CT molecular complexity index is 479. The molecule has 1 aromatic heterocycles. The molecular formula is C14H19N3O2. The summed E-state index contributed by atoms with van der Waals surface area (Å²) in [5, 5.41) is 2.84. The largest absolute Gasteiger partial charge is 0.343 e. The highest BCUT2D eigenvalue weighted by Gasteiger charge is 2.26. The highest BCUT2D eigenvalue weighted by molar-refractivity contribution is 5.91. The Morgan fingerprint density at radius 2 is 2.05 bits per heavy atom. The number of aryl methyl sites for hydroxylation is 1. The zero-order valence-corrected chi connectivity index (χ0v) is 11.3. The van der Waals surface area contributed by atoms with E-state index in [0.717, 1.165) is 18.4 Å². The predicted octanol–water partition coefficient (Wildman–Crippen LogP) is 1.59. The molecule has 2 heterocycles. The topological polar surface area (TPSA) is 62.3 Å². The first-order valence-corrected chi connectivity index (χ1v) is 6.55. The number of nitrogens with zero attached hydrogens (tertiary/aromatic N) is 2. The quantitative estimate of drug-likeness (QED) is 0.879. The molecule has 1 aliphatic heterocycles. The van der Waals surface area contributed by atoms with E-state index in [0.29, 0.717) is 18.9 Å². The molecule has 1 fully saturated rings. The van der Waals surface area contributed by atoms with Crippen LogP contribution in [0.15, 0.2) is 18.3 Å². The van der Waals surface area contributed by atoms with Crippen LogP contribution in [-0.4, -0.2) is 34.8 Å². The number of rotatable bonds is 2. The van der Waals surface area contributed by atoms with Gasteiger partial charge in [-0.2, -0.15) is 0 Å². The SMILES string of the molecule is CC(=O)N1CCC(C(=O)Nc2cc(C)ccn2)CC1. The van der Waals surface area contributed by atoms with Crippen LogP contribution in [0.4, 0.5) is 5.82 Å². The first-order chi connectivity index (χ1) is 9.06. The van der Waals surface area contributed by atoms with Crippen LogP contribution in [0.25, 0.3) is 0 Å². The molecule has 0 radical (unpaired) electrons. The highest BCUT2D eigenvalue weighted by atomic mass is 16.2. The molecule has 0 unspecified atom stereocenters. The third kappa shape index (κ3) is 3.53. The second-order valence-corrected chi connectivity index (χ2v) is 4.99. The van der Waals surface area contributed by atoms with Gasteiger partial charge in [-0.3, -0.25) is 9.59 Å². The van der Waals surface area contributed by atoms with E-state index in [2.05, 4.69) is 10.3 Å². The van der Waals surface area contributed by atoms with Gasteiger partial charge in [0.1, 0.15) is 5.82 Å². The van der Waals surface area contributed by atoms with Crippen LogP contribution in [0, 0.1) is 12.8 Å². The number of amides is 2. The summed E-state index contributed by atoms with van der Waals surface area (Å²) in [4.78, 5) is 29.2. The molecule has 0 aromatic carbocycles. The molecule has 0 aliphatic carbocycles. The average molecular weight is 261 g/mol. The van der Waals surface area contributed by atoms with Gasteiger partial charge in [0.15, 0.2) is 0 Å². The number of anilines is 1. The number of nitrogens with one attached hydrogen (secondary N) is 1. The van der Waals surface area contributed by atoms with Gasteiger partial charge in [0.2, 0.25) is 11.8 Å². The van der Waals surface area contributed by atoms with Crippen molar-refractivity contribution in [1.82, 2.24) is 9.88 Å². The summed E-state index contributed by atoms with van der Waals surface area (Å²) < 4.78 is 0. The van der Waals surface area contributed by atoms with Crippen molar-refractivity contribution < 1.29 is 9.59 Å². The van der Waals surface area contributed by atoms with Gasteiger partial charge in [-0.15, -0.1) is 0 Å². The zero-order valence-electron chi connectivity index (χ0n) is 11.3. The molecule has 0 spiro atoms. The van der Waals surface area contributed by atoms with Gasteiger partial charge in [-0.25, -0.2) is 4.98 Å². The molecule has 1 aromatic rings. The summed E-state index contributed by atoms with van der Waals surface area (Å²) in [7, 11) is 0. The maximum Gasteiger partial charge on any atom is 0.228 e. The number of carbonyl (C=O) groups excluding carboxylic acids is 2. The number of aromatic nitrogens is 1. The lowest BCUT2D eigenvalue weighted by molar-refractivity contribution is -0.132. The van der Waals surface area contributed by atoms with E-state index in [4.69, 9.17) is 0 Å². The van der Waals surface area contributed by atoms with Crippen LogP contribution in [0.3, 0.4) is 0 Å². The zero-order chi connectivity index (χ0) is 13.8. The predicted molar refractivity (Wildman–Crippen MR) is 72.6 cm³/mol. The third-order valence-electron chi connectivity index (χ3n) is 3.48. The van der Waals surface area contributed by atoms with E-state index < -0.39 is 0 Å². The Morgan fingerprint density at radius 3 is 2.63 bits per heavy atom. The van der Waals surface area contributed by atoms with Gasteiger partial charge < -0.3 is 10.2 Å². The Balaban J connectivity index is 1.90. The van der Waals surface area contributed by atoms with Gasteiger partial charge in [0.25, 0.3) is 0 Å². The Kier molecular flexibility index (Phi) is 4.14. The lowest BCUT2D eigenvalue weighted by atomic mass is 9.96. The normalized spacial score (nSPS) is 16.2. The van der Waals surface area contributed by atoms with Crippen LogP contribution in [0.2, 0.25) is 0 Å². The minimum atomic E-state index is -0.0297. The summed E-state index contributed by atoms with van der Waals surface area (Å²) in [5.41, 5.74) is 1.07. The molecule has 102 valence electrons. The molecule has 5 heteroatoms. The number of hydrogen-bond acceptors (Lipinski definition) is 3. The Hall–Kier alpha value is -1.91. The van der Waals surface area contributed by atoms with Crippen molar-refractivity contribution in [2.45, 2.75) is 26.7 Å². The van der Waals surface area contributed by atoms with Gasteiger partial charge >= 0.3 is 0 Å². The summed E-state index contributed by atoms with van der Waals surface area (Å²) in [6.07, 6.45) is 3.12. The molecule has 0 saturated carbocycles. The van der Waals surface area contributed by atoms with Gasteiger partial charge in [-0.1, -0.05) is 0 Å². The van der Waals surface area contributed by atoms with Crippen LogP contribution < -0.4 is 5.32 Å². The molecule has 0 bridgehead atoms. The molecule has 5 nitrogen and oxygen atoms in total. The van der Waals surface area contributed by atoms with Crippen molar-refractivity contribution in [2.24, 2.45) is 5.92 Å². The second kappa shape index (κ2) is 5.82. The molecule has 19 heavy (non-hydrogen) atoms. The van der Waals surface area contributed by atoms with E-state index in [9.17, 15) is 9.59 Å². The number of piperidine rings is 1. The summed E-state index contributed by atoms with van der Waals surface area (Å²) in [5.74, 6) is 0.650. The van der Waals surface area contributed by atoms with Gasteiger partial charge in [0.05, 0.1) is 0 Å². The molecule has 1 N–H and O–H groups in total. The minimum Gasteiger partial charge on any atom is -0.343 e. The van der Waals surface area contributed by atoms with E-state index in [1.54, 1.807) is 18.0 Å². The monoisotopic (exact) mass is 261 g/mol. The number of hydrogen-bond donors (Lipinski definition) is 1. The van der Waals surface area contributed by atoms with Crippen molar-refractivity contribution in [3.05, 3.63) is 23.9 Å². The number of carbonyl (C=O) groups is 2. The lowest BCUT2D eigenvalue weighted by Crippen LogP contribution is -2.40. The first kappa shape index (κ1) is 13.5. The van der Waals surface area contributed by atoms with E-state index >= 15 is 0 Å². The van der Waals surface area contributed by atoms with E-state index in [-0.39, 0.29) is 17.7 Å².